The van der Waals surface area contributed by atoms with Crippen molar-refractivity contribution in [3.63, 3.8) is 0 Å². The van der Waals surface area contributed by atoms with E-state index in [-0.39, 0.29) is 0 Å². The molecule has 13 heteroatoms. The molecule has 0 atom stereocenters. The first-order chi connectivity index (χ1) is 70.9. The molecule has 0 radical (unpaired) electrons. The van der Waals surface area contributed by atoms with E-state index in [0.717, 1.165) is 161 Å². The van der Waals surface area contributed by atoms with Gasteiger partial charge in [0.15, 0.2) is 23.3 Å². The molecule has 28 aromatic rings. The molecule has 28 rings (SSSR count). The molecule has 13 nitrogen and oxygen atoms in total. The highest BCUT2D eigenvalue weighted by atomic mass is 15.3. The van der Waals surface area contributed by atoms with E-state index in [1.54, 1.807) is 0 Å². The quantitative estimate of drug-likeness (QED) is 0.0993. The number of hydrogen-bond acceptors (Lipinski definition) is 8. The Labute approximate surface area is 823 Å². The number of nitrogens with zero attached hydrogens (tertiary/aromatic N) is 13. The fourth-order valence-corrected chi connectivity index (χ4v) is 20.6. The molecule has 0 unspecified atom stereocenters. The van der Waals surface area contributed by atoms with Crippen LogP contribution in [0, 0.1) is 0 Å². The third kappa shape index (κ3) is 15.5. The van der Waals surface area contributed by atoms with E-state index < -0.39 is 0 Å². The minimum atomic E-state index is 0.565. The summed E-state index contributed by atoms with van der Waals surface area (Å²) in [6.45, 7) is 0. The van der Waals surface area contributed by atoms with Gasteiger partial charge in [-0.15, -0.1) is 0 Å². The number of fused-ring (bicyclic) bond motifs is 15. The first-order valence-electron chi connectivity index (χ1n) is 48.1. The van der Waals surface area contributed by atoms with Gasteiger partial charge in [-0.25, -0.2) is 24.9 Å². The third-order valence-electron chi connectivity index (χ3n) is 27.2. The van der Waals surface area contributed by atoms with Crippen molar-refractivity contribution in [3.8, 4) is 142 Å². The van der Waals surface area contributed by atoms with Gasteiger partial charge >= 0.3 is 0 Å². The highest BCUT2D eigenvalue weighted by Crippen LogP contribution is 2.44. The molecule has 0 saturated heterocycles. The average Bonchev–Trinajstić information content (AvgIpc) is 1.58. The van der Waals surface area contributed by atoms with Gasteiger partial charge in [0.2, 0.25) is 11.9 Å². The molecule has 0 bridgehead atoms. The second-order valence-corrected chi connectivity index (χ2v) is 35.8. The number of aromatic nitrogens is 13. The zero-order chi connectivity index (χ0) is 94.6. The van der Waals surface area contributed by atoms with Gasteiger partial charge in [0.05, 0.1) is 66.6 Å². The lowest BCUT2D eigenvalue weighted by Crippen LogP contribution is -2.10. The molecule has 670 valence electrons. The summed E-state index contributed by atoms with van der Waals surface area (Å²) >= 11 is 0. The van der Waals surface area contributed by atoms with Gasteiger partial charge < -0.3 is 9.13 Å². The van der Waals surface area contributed by atoms with Crippen LogP contribution in [0.5, 0.6) is 0 Å². The first-order valence-corrected chi connectivity index (χ1v) is 48.1. The van der Waals surface area contributed by atoms with E-state index in [1.807, 2.05) is 91.1 Å². The van der Waals surface area contributed by atoms with Gasteiger partial charge in [0.1, 0.15) is 5.82 Å². The molecule has 143 heavy (non-hydrogen) atoms. The van der Waals surface area contributed by atoms with E-state index in [4.69, 9.17) is 39.9 Å². The Hall–Kier alpha value is -19.5. The molecule has 0 saturated carbocycles. The number of para-hydroxylation sites is 10. The Kier molecular flexibility index (Phi) is 21.3. The second-order valence-electron chi connectivity index (χ2n) is 35.8. The average molecular weight is 1830 g/mol. The lowest BCUT2D eigenvalue weighted by molar-refractivity contribution is 0.893. The van der Waals surface area contributed by atoms with Crippen molar-refractivity contribution in [2.45, 2.75) is 0 Å². The van der Waals surface area contributed by atoms with E-state index in [0.29, 0.717) is 35.2 Å². The molecule has 0 N–H and O–H groups in total. The highest BCUT2D eigenvalue weighted by molar-refractivity contribution is 6.14. The fourth-order valence-electron chi connectivity index (χ4n) is 20.6. The summed E-state index contributed by atoms with van der Waals surface area (Å²) in [6.07, 6.45) is 1.94. The van der Waals surface area contributed by atoms with Gasteiger partial charge in [0, 0.05) is 110 Å². The van der Waals surface area contributed by atoms with E-state index in [1.165, 1.54) is 54.4 Å². The van der Waals surface area contributed by atoms with Crippen molar-refractivity contribution in [3.05, 3.63) is 516 Å². The van der Waals surface area contributed by atoms with E-state index in [2.05, 4.69) is 447 Å². The van der Waals surface area contributed by atoms with Crippen LogP contribution in [0.4, 0.5) is 0 Å². The fraction of sp³-hybridized carbons (Fsp3) is 0. The Morgan fingerprint density at radius 2 is 0.385 bits per heavy atom. The maximum atomic E-state index is 5.31. The lowest BCUT2D eigenvalue weighted by Gasteiger charge is -2.17. The van der Waals surface area contributed by atoms with Crippen LogP contribution in [0.3, 0.4) is 0 Å². The third-order valence-corrected chi connectivity index (χ3v) is 27.2. The zero-order valence-electron chi connectivity index (χ0n) is 77.4. The molecule has 0 aliphatic rings. The smallest absolute Gasteiger partial charge is 0.240 e. The first kappa shape index (κ1) is 84.0. The normalized spacial score (nSPS) is 11.5. The monoisotopic (exact) mass is 1830 g/mol. The summed E-state index contributed by atoms with van der Waals surface area (Å²) in [5, 5.41) is 12.0. The number of pyridine rings is 2. The molecular formula is C130H85N13. The Balaban J connectivity index is 0.000000110. The van der Waals surface area contributed by atoms with Gasteiger partial charge in [-0.3, -0.25) is 13.7 Å². The maximum absolute atomic E-state index is 5.31. The summed E-state index contributed by atoms with van der Waals surface area (Å²) in [4.78, 5) is 40.7. The molecule has 9 heterocycles. The van der Waals surface area contributed by atoms with Crippen LogP contribution in [-0.2, 0) is 0 Å². The van der Waals surface area contributed by atoms with Crippen molar-refractivity contribution in [1.29, 1.82) is 0 Å². The zero-order valence-corrected chi connectivity index (χ0v) is 77.4. The lowest BCUT2D eigenvalue weighted by atomic mass is 9.96. The van der Waals surface area contributed by atoms with Gasteiger partial charge in [-0.2, -0.15) is 15.0 Å². The van der Waals surface area contributed by atoms with Gasteiger partial charge in [0.25, 0.3) is 0 Å². The number of hydrogen-bond donors (Lipinski definition) is 0. The predicted octanol–water partition coefficient (Wildman–Crippen LogP) is 32.4. The van der Waals surface area contributed by atoms with Crippen molar-refractivity contribution >= 4 is 109 Å². The maximum Gasteiger partial charge on any atom is 0.240 e. The van der Waals surface area contributed by atoms with Crippen LogP contribution >= 0.6 is 0 Å². The SMILES string of the molecule is c1ccc(-c2cc(-c3cc(-n4c5ccccc5c5ccccc54)cc(-n4c5ccccc5c5ccccc54)c3)cc(-c3ccccc3)n2)cc1.c1ccc(-c2cc(-c3ccccc3)cc(-c3nc(-n4c5ccccc5c5ccccc54)nc(-n4c5ccccc5c5ccccc54)n3)c2)cc1.c1ccc(-c2nc(-c3ccccc3)nc(-c3cccc(-c4ccc(-n5c6ccccc6c6ccccc65)nc4)c3)n2)cc1. The van der Waals surface area contributed by atoms with Crippen LogP contribution in [0.1, 0.15) is 0 Å². The second kappa shape index (κ2) is 36.2. The molecule has 9 aromatic heterocycles. The topological polar surface area (TPSA) is 128 Å². The highest BCUT2D eigenvalue weighted by Gasteiger charge is 2.26. The molecule has 0 fully saturated rings. The molecular weight excluding hydrogens is 1740 g/mol. The van der Waals surface area contributed by atoms with Crippen LogP contribution in [-0.4, -0.2) is 62.7 Å². The minimum absolute atomic E-state index is 0.565. The van der Waals surface area contributed by atoms with E-state index in [9.17, 15) is 0 Å². The minimum Gasteiger partial charge on any atom is -0.309 e. The number of rotatable bonds is 15. The summed E-state index contributed by atoms with van der Waals surface area (Å²) in [7, 11) is 0. The van der Waals surface area contributed by atoms with E-state index >= 15 is 0 Å². The Morgan fingerprint density at radius 3 is 0.720 bits per heavy atom. The summed E-state index contributed by atoms with van der Waals surface area (Å²) in [6, 6.07) is 178. The van der Waals surface area contributed by atoms with Crippen molar-refractivity contribution in [2.75, 3.05) is 0 Å². The molecule has 0 aliphatic heterocycles. The molecule has 0 aliphatic carbocycles. The Morgan fingerprint density at radius 1 is 0.133 bits per heavy atom. The summed E-state index contributed by atoms with van der Waals surface area (Å²) in [5.41, 5.74) is 30.0. The van der Waals surface area contributed by atoms with Crippen molar-refractivity contribution < 1.29 is 0 Å². The van der Waals surface area contributed by atoms with Crippen LogP contribution in [0.15, 0.2) is 516 Å². The molecule has 0 amide bonds. The van der Waals surface area contributed by atoms with Gasteiger partial charge in [-0.05, 0) is 166 Å². The van der Waals surface area contributed by atoms with Crippen LogP contribution in [0.25, 0.3) is 251 Å². The van der Waals surface area contributed by atoms with Crippen molar-refractivity contribution in [2.24, 2.45) is 0 Å². The predicted molar refractivity (Wildman–Crippen MR) is 588 cm³/mol. The number of benzene rings is 19. The molecule has 0 spiro atoms. The summed E-state index contributed by atoms with van der Waals surface area (Å²) < 4.78 is 11.4. The standard InChI is InChI=1S/C47H31N3.C45H29N5.C38H25N5/c1-3-15-32(16-4-1)42-29-35(30-43(48-42)33-17-5-2-6-18-33)34-27-36(49-44-23-11-7-19-38(44)39-20-8-12-24-45(39)49)31-37(28-34)50-46-25-13-9-21-40(46)41-22-10-14-26-47(41)50;1-3-15-30(16-4-1)32-27-33(31-17-5-2-6-18-31)29-34(28-32)43-46-44(49-39-23-11-7-19-35(39)36-20-8-12-24-40(36)49)48-45(47-43)50-41-25-13-9-21-37(41)38-22-10-14-26-42(38)50;1-3-12-26(13-4-1)36-40-37(27-14-5-2-6-15-27)42-38(41-36)29-17-11-16-28(24-29)30-22-23-35(39-25-30)43-33-20-9-7-18-31(33)32-19-8-10-21-34(32)43/h1-31H;1-29H;1-25H. The van der Waals surface area contributed by atoms with Gasteiger partial charge in [-0.1, -0.05) is 382 Å². The van der Waals surface area contributed by atoms with Crippen LogP contribution in [0.2, 0.25) is 0 Å². The molecule has 19 aromatic carbocycles. The summed E-state index contributed by atoms with van der Waals surface area (Å²) in [5.74, 6) is 4.54. The van der Waals surface area contributed by atoms with Crippen LogP contribution < -0.4 is 0 Å². The Bertz CT molecular complexity index is 8610. The van der Waals surface area contributed by atoms with Crippen molar-refractivity contribution in [1.82, 2.24) is 62.7 Å². The largest absolute Gasteiger partial charge is 0.309 e.